The van der Waals surface area contributed by atoms with Gasteiger partial charge in [-0.3, -0.25) is 0 Å². The van der Waals surface area contributed by atoms with Crippen molar-refractivity contribution in [3.8, 4) is 5.69 Å². The van der Waals surface area contributed by atoms with Crippen molar-refractivity contribution < 1.29 is 4.79 Å². The molecule has 7 nitrogen and oxygen atoms in total. The minimum atomic E-state index is -0.0771. The van der Waals surface area contributed by atoms with Gasteiger partial charge in [0.25, 0.3) is 0 Å². The maximum absolute atomic E-state index is 12.6. The summed E-state index contributed by atoms with van der Waals surface area (Å²) in [6.45, 7) is 4.65. The van der Waals surface area contributed by atoms with Gasteiger partial charge in [-0.2, -0.15) is 4.68 Å². The van der Waals surface area contributed by atoms with E-state index in [-0.39, 0.29) is 12.1 Å². The number of carbonyl (C=O) groups is 1. The molecule has 0 spiro atoms. The van der Waals surface area contributed by atoms with Crippen molar-refractivity contribution >= 4 is 11.7 Å². The molecule has 0 saturated carbocycles. The van der Waals surface area contributed by atoms with Crippen LogP contribution in [0.3, 0.4) is 0 Å². The number of hydrogen-bond donors (Lipinski definition) is 1. The minimum absolute atomic E-state index is 0.0771. The number of nitrogens with zero attached hydrogens (tertiary/aromatic N) is 5. The number of anilines is 1. The summed E-state index contributed by atoms with van der Waals surface area (Å²) in [6, 6.07) is 7.63. The van der Waals surface area contributed by atoms with Gasteiger partial charge in [-0.15, -0.1) is 5.10 Å². The molecule has 0 radical (unpaired) electrons. The highest BCUT2D eigenvalue weighted by Crippen LogP contribution is 2.19. The third kappa shape index (κ3) is 3.45. The molecule has 0 saturated heterocycles. The van der Waals surface area contributed by atoms with Gasteiger partial charge in [-0.1, -0.05) is 38.0 Å². The van der Waals surface area contributed by atoms with Crippen molar-refractivity contribution in [2.24, 2.45) is 0 Å². The monoisotopic (exact) mass is 326 g/mol. The lowest BCUT2D eigenvalue weighted by Crippen LogP contribution is -2.39. The van der Waals surface area contributed by atoms with Gasteiger partial charge in [0.1, 0.15) is 0 Å². The molecule has 2 aromatic rings. The van der Waals surface area contributed by atoms with Crippen LogP contribution in [0.1, 0.15) is 32.0 Å². The second-order valence-electron chi connectivity index (χ2n) is 5.91. The van der Waals surface area contributed by atoms with Gasteiger partial charge >= 0.3 is 6.03 Å². The first-order chi connectivity index (χ1) is 11.7. The van der Waals surface area contributed by atoms with E-state index in [1.54, 1.807) is 4.68 Å². The predicted octanol–water partition coefficient (Wildman–Crippen LogP) is 2.93. The number of nitrogens with one attached hydrogen (secondary N) is 1. The molecule has 1 N–H and O–H groups in total. The third-order valence-electron chi connectivity index (χ3n) is 4.14. The molecule has 1 aliphatic heterocycles. The number of rotatable bonds is 5. The maximum atomic E-state index is 12.6. The summed E-state index contributed by atoms with van der Waals surface area (Å²) in [5, 5.41) is 14.5. The van der Waals surface area contributed by atoms with Gasteiger partial charge in [-0.05, 0) is 42.0 Å². The van der Waals surface area contributed by atoms with E-state index >= 15 is 0 Å². The number of amides is 2. The molecule has 2 amide bonds. The number of aryl methyl sites for hydroxylation is 1. The molecule has 1 aromatic heterocycles. The molecule has 0 bridgehead atoms. The van der Waals surface area contributed by atoms with Crippen LogP contribution >= 0.6 is 0 Å². The average Bonchev–Trinajstić information content (AvgIpc) is 3.21. The highest BCUT2D eigenvalue weighted by atomic mass is 16.2. The molecule has 24 heavy (non-hydrogen) atoms. The lowest BCUT2D eigenvalue weighted by Gasteiger charge is -2.25. The zero-order chi connectivity index (χ0) is 16.9. The summed E-state index contributed by atoms with van der Waals surface area (Å²) < 4.78 is 1.64. The fourth-order valence-corrected chi connectivity index (χ4v) is 2.85. The quantitative estimate of drug-likeness (QED) is 0.857. The van der Waals surface area contributed by atoms with Crippen molar-refractivity contribution in [1.29, 1.82) is 0 Å². The maximum Gasteiger partial charge on any atom is 0.322 e. The number of tetrazole rings is 1. The predicted molar refractivity (Wildman–Crippen MR) is 92.1 cm³/mol. The number of benzene rings is 1. The number of carbonyl (C=O) groups excluding carboxylic acids is 1. The second-order valence-corrected chi connectivity index (χ2v) is 5.91. The van der Waals surface area contributed by atoms with E-state index < -0.39 is 0 Å². The molecule has 1 aromatic carbocycles. The largest absolute Gasteiger partial charge is 0.322 e. The van der Waals surface area contributed by atoms with Crippen LogP contribution in [0, 0.1) is 6.92 Å². The van der Waals surface area contributed by atoms with Crippen LogP contribution in [-0.2, 0) is 0 Å². The van der Waals surface area contributed by atoms with E-state index in [1.807, 2.05) is 36.1 Å². The van der Waals surface area contributed by atoms with Gasteiger partial charge in [0.2, 0.25) is 0 Å². The van der Waals surface area contributed by atoms with Crippen LogP contribution in [0.4, 0.5) is 10.5 Å². The van der Waals surface area contributed by atoms with E-state index in [4.69, 9.17) is 0 Å². The molecule has 2 heterocycles. The van der Waals surface area contributed by atoms with Crippen LogP contribution < -0.4 is 5.32 Å². The first kappa shape index (κ1) is 16.2. The SMILES string of the molecule is CCCC[C@H]1C=CCN1C(=O)Nc1cccc(-n2nnnc2C)c1. The molecule has 7 heteroatoms. The van der Waals surface area contributed by atoms with Crippen molar-refractivity contribution in [3.63, 3.8) is 0 Å². The molecular weight excluding hydrogens is 304 g/mol. The number of aromatic nitrogens is 4. The summed E-state index contributed by atoms with van der Waals surface area (Å²) in [5.74, 6) is 0.696. The van der Waals surface area contributed by atoms with Crippen LogP contribution in [0.5, 0.6) is 0 Å². The van der Waals surface area contributed by atoms with Crippen molar-refractivity contribution in [1.82, 2.24) is 25.1 Å². The van der Waals surface area contributed by atoms with Gasteiger partial charge < -0.3 is 10.2 Å². The van der Waals surface area contributed by atoms with Gasteiger partial charge in [0.05, 0.1) is 11.7 Å². The first-order valence-electron chi connectivity index (χ1n) is 8.28. The summed E-state index contributed by atoms with van der Waals surface area (Å²) >= 11 is 0. The Kier molecular flexibility index (Phi) is 4.88. The molecule has 1 aliphatic rings. The molecule has 126 valence electrons. The molecule has 1 atom stereocenters. The Balaban J connectivity index is 1.70. The smallest absolute Gasteiger partial charge is 0.314 e. The Morgan fingerprint density at radius 1 is 1.42 bits per heavy atom. The van der Waals surface area contributed by atoms with Crippen LogP contribution in [0.2, 0.25) is 0 Å². The van der Waals surface area contributed by atoms with E-state index in [2.05, 4.69) is 39.9 Å². The lowest BCUT2D eigenvalue weighted by molar-refractivity contribution is 0.208. The molecule has 3 rings (SSSR count). The van der Waals surface area contributed by atoms with Gasteiger partial charge in [-0.25, -0.2) is 4.79 Å². The zero-order valence-electron chi connectivity index (χ0n) is 14.0. The molecule has 0 fully saturated rings. The lowest BCUT2D eigenvalue weighted by atomic mass is 10.1. The standard InChI is InChI=1S/C17H22N6O/c1-3-4-8-15-10-6-11-22(15)17(24)18-14-7-5-9-16(12-14)23-13(2)19-20-21-23/h5-7,9-10,12,15H,3-4,8,11H2,1-2H3,(H,18,24)/t15-/m0/s1. The Hall–Kier alpha value is -2.70. The first-order valence-corrected chi connectivity index (χ1v) is 8.28. The van der Waals surface area contributed by atoms with E-state index in [1.165, 1.54) is 0 Å². The van der Waals surface area contributed by atoms with Crippen molar-refractivity contribution in [3.05, 3.63) is 42.2 Å². The van der Waals surface area contributed by atoms with E-state index in [9.17, 15) is 4.79 Å². The number of hydrogen-bond acceptors (Lipinski definition) is 4. The van der Waals surface area contributed by atoms with Crippen molar-refractivity contribution in [2.45, 2.75) is 39.2 Å². The Bertz CT molecular complexity index is 738. The van der Waals surface area contributed by atoms with Gasteiger partial charge in [0.15, 0.2) is 5.82 Å². The number of urea groups is 1. The summed E-state index contributed by atoms with van der Waals surface area (Å²) in [6.07, 6.45) is 7.43. The fraction of sp³-hybridized carbons (Fsp3) is 0.412. The molecular formula is C17H22N6O. The van der Waals surface area contributed by atoms with Crippen LogP contribution in [0.15, 0.2) is 36.4 Å². The molecule has 0 unspecified atom stereocenters. The molecule has 0 aliphatic carbocycles. The highest BCUT2D eigenvalue weighted by molar-refractivity contribution is 5.90. The van der Waals surface area contributed by atoms with Crippen molar-refractivity contribution in [2.75, 3.05) is 11.9 Å². The Morgan fingerprint density at radius 3 is 3.04 bits per heavy atom. The highest BCUT2D eigenvalue weighted by Gasteiger charge is 2.24. The topological polar surface area (TPSA) is 75.9 Å². The average molecular weight is 326 g/mol. The van der Waals surface area contributed by atoms with Crippen LogP contribution in [0.25, 0.3) is 5.69 Å². The van der Waals surface area contributed by atoms with Crippen LogP contribution in [-0.4, -0.2) is 43.7 Å². The fourth-order valence-electron chi connectivity index (χ4n) is 2.85. The van der Waals surface area contributed by atoms with E-state index in [0.717, 1.165) is 30.6 Å². The number of unbranched alkanes of at least 4 members (excludes halogenated alkanes) is 1. The Labute approximate surface area is 141 Å². The third-order valence-corrected chi connectivity index (χ3v) is 4.14. The summed E-state index contributed by atoms with van der Waals surface area (Å²) in [5.41, 5.74) is 1.55. The Morgan fingerprint density at radius 2 is 2.29 bits per heavy atom. The van der Waals surface area contributed by atoms with E-state index in [0.29, 0.717) is 12.4 Å². The normalized spacial score (nSPS) is 16.6. The summed E-state index contributed by atoms with van der Waals surface area (Å²) in [4.78, 5) is 14.4. The van der Waals surface area contributed by atoms with Gasteiger partial charge in [0, 0.05) is 12.2 Å². The minimum Gasteiger partial charge on any atom is -0.314 e. The second kappa shape index (κ2) is 7.25. The zero-order valence-corrected chi connectivity index (χ0v) is 14.0. The summed E-state index contributed by atoms with van der Waals surface area (Å²) in [7, 11) is 0.